The number of amides is 4. The minimum atomic E-state index is -1.20. The Morgan fingerprint density at radius 3 is 1.70 bits per heavy atom. The number of H-pyrrole nitrogens is 2. The molecule has 14 nitrogen and oxygen atoms in total. The highest BCUT2D eigenvalue weighted by molar-refractivity contribution is 5.87. The van der Waals surface area contributed by atoms with Crippen molar-refractivity contribution < 1.29 is 29.0 Å². The number of likely N-dealkylation sites (tertiary alicyclic amines) is 2. The average Bonchev–Trinajstić information content (AvgIpc) is 3.99. The number of nitrogens with one attached hydrogen (secondary N) is 4. The number of methoxy groups -OCH3 is 1. The molecule has 2 saturated heterocycles. The van der Waals surface area contributed by atoms with Crippen molar-refractivity contribution in [3.8, 4) is 33.6 Å². The number of ether oxygens (including phenoxy) is 1. The first kappa shape index (κ1) is 37.1. The van der Waals surface area contributed by atoms with Crippen molar-refractivity contribution in [1.29, 1.82) is 0 Å². The van der Waals surface area contributed by atoms with Gasteiger partial charge in [-0.2, -0.15) is 0 Å². The van der Waals surface area contributed by atoms with Crippen LogP contribution < -0.4 is 10.6 Å². The van der Waals surface area contributed by atoms with Gasteiger partial charge in [0, 0.05) is 13.1 Å². The van der Waals surface area contributed by atoms with Gasteiger partial charge < -0.3 is 40.2 Å². The standard InChI is InChI=1S/C39H48N8O6/c1-5-8-28(44-38(50)51)36(48)46-19-6-9-31(46)34-40-21-29(42-34)26-15-11-24(12-16-26)25-13-17-27(18-14-25)30-22-41-35(43-30)32-10-7-20-47(32)37(49)33(23(2)3)45-39(52)53-4/h11-18,21-23,28,31-33,44H,5-10,19-20H2,1-4H3,(H,40,42)(H,41,43)(H,45,52)(H,50,51)/t28-,31-,32?,33-/m0/s1. The Balaban J connectivity index is 1.10. The van der Waals surface area contributed by atoms with Crippen molar-refractivity contribution in [1.82, 2.24) is 40.4 Å². The van der Waals surface area contributed by atoms with Gasteiger partial charge in [-0.3, -0.25) is 9.59 Å². The normalized spacial score (nSPS) is 18.2. The van der Waals surface area contributed by atoms with Crippen molar-refractivity contribution in [2.45, 2.75) is 83.5 Å². The molecular weight excluding hydrogens is 676 g/mol. The van der Waals surface area contributed by atoms with Gasteiger partial charge in [-0.25, -0.2) is 19.6 Å². The fourth-order valence-electron chi connectivity index (χ4n) is 7.39. The molecule has 0 radical (unpaired) electrons. The molecule has 4 heterocycles. The summed E-state index contributed by atoms with van der Waals surface area (Å²) < 4.78 is 4.75. The molecule has 14 heteroatoms. The van der Waals surface area contributed by atoms with E-state index in [1.807, 2.05) is 45.0 Å². The summed E-state index contributed by atoms with van der Waals surface area (Å²) in [5.74, 6) is 0.952. The van der Waals surface area contributed by atoms with Crippen molar-refractivity contribution in [2.24, 2.45) is 5.92 Å². The van der Waals surface area contributed by atoms with Gasteiger partial charge in [0.2, 0.25) is 11.8 Å². The van der Waals surface area contributed by atoms with Crippen LogP contribution in [0.15, 0.2) is 60.9 Å². The van der Waals surface area contributed by atoms with Crippen LogP contribution in [-0.4, -0.2) is 91.1 Å². The number of aromatic amines is 2. The van der Waals surface area contributed by atoms with Gasteiger partial charge in [-0.1, -0.05) is 75.7 Å². The second-order valence-corrected chi connectivity index (χ2v) is 14.0. The third-order valence-corrected chi connectivity index (χ3v) is 10.2. The fraction of sp³-hybridized carbons (Fsp3) is 0.436. The zero-order chi connectivity index (χ0) is 37.6. The van der Waals surface area contributed by atoms with Gasteiger partial charge >= 0.3 is 12.2 Å². The van der Waals surface area contributed by atoms with Crippen molar-refractivity contribution in [3.63, 3.8) is 0 Å². The Morgan fingerprint density at radius 2 is 1.26 bits per heavy atom. The molecule has 5 N–H and O–H groups in total. The smallest absolute Gasteiger partial charge is 0.407 e. The third-order valence-electron chi connectivity index (χ3n) is 10.2. The third kappa shape index (κ3) is 8.21. The number of carboxylic acid groups (broad SMARTS) is 1. The maximum absolute atomic E-state index is 13.5. The van der Waals surface area contributed by atoms with Crippen molar-refractivity contribution in [3.05, 3.63) is 72.6 Å². The van der Waals surface area contributed by atoms with E-state index in [1.54, 1.807) is 22.2 Å². The monoisotopic (exact) mass is 724 g/mol. The summed E-state index contributed by atoms with van der Waals surface area (Å²) >= 11 is 0. The summed E-state index contributed by atoms with van der Waals surface area (Å²) in [4.78, 5) is 69.7. The number of nitrogens with zero attached hydrogens (tertiary/aromatic N) is 4. The summed E-state index contributed by atoms with van der Waals surface area (Å²) in [6.07, 6.45) is 6.08. The number of alkyl carbamates (subject to hydrolysis) is 1. The van der Waals surface area contributed by atoms with Crippen LogP contribution in [-0.2, 0) is 14.3 Å². The highest BCUT2D eigenvalue weighted by Gasteiger charge is 2.38. The molecule has 2 aliphatic rings. The van der Waals surface area contributed by atoms with Crippen LogP contribution in [0.5, 0.6) is 0 Å². The highest BCUT2D eigenvalue weighted by atomic mass is 16.5. The topological polar surface area (TPSA) is 186 Å². The Bertz CT molecular complexity index is 1900. The highest BCUT2D eigenvalue weighted by Crippen LogP contribution is 2.35. The van der Waals surface area contributed by atoms with E-state index in [0.717, 1.165) is 65.1 Å². The van der Waals surface area contributed by atoms with Crippen LogP contribution in [0.2, 0.25) is 0 Å². The molecule has 0 saturated carbocycles. The maximum atomic E-state index is 13.5. The summed E-state index contributed by atoms with van der Waals surface area (Å²) in [7, 11) is 1.29. The molecule has 0 spiro atoms. The number of imidazole rings is 2. The molecular formula is C39H48N8O6. The zero-order valence-corrected chi connectivity index (χ0v) is 30.6. The van der Waals surface area contributed by atoms with E-state index in [4.69, 9.17) is 4.74 Å². The quantitative estimate of drug-likeness (QED) is 0.113. The van der Waals surface area contributed by atoms with Gasteiger partial charge in [0.1, 0.15) is 23.7 Å². The van der Waals surface area contributed by atoms with E-state index < -0.39 is 24.3 Å². The number of hydrogen-bond acceptors (Lipinski definition) is 7. The number of benzene rings is 2. The largest absolute Gasteiger partial charge is 0.465 e. The molecule has 0 bridgehead atoms. The minimum Gasteiger partial charge on any atom is -0.465 e. The lowest BCUT2D eigenvalue weighted by molar-refractivity contribution is -0.135. The van der Waals surface area contributed by atoms with Gasteiger partial charge in [0.05, 0.1) is 43.0 Å². The molecule has 0 aliphatic carbocycles. The summed E-state index contributed by atoms with van der Waals surface area (Å²) in [6, 6.07) is 14.5. The van der Waals surface area contributed by atoms with Crippen LogP contribution in [0.4, 0.5) is 9.59 Å². The Hall–Kier alpha value is -5.66. The second-order valence-electron chi connectivity index (χ2n) is 14.0. The minimum absolute atomic E-state index is 0.106. The first-order valence-corrected chi connectivity index (χ1v) is 18.3. The Labute approximate surface area is 308 Å². The number of rotatable bonds is 12. The van der Waals surface area contributed by atoms with E-state index in [1.165, 1.54) is 7.11 Å². The molecule has 4 amide bonds. The number of carbonyl (C=O) groups excluding carboxylic acids is 3. The molecule has 2 aromatic carbocycles. The maximum Gasteiger partial charge on any atom is 0.407 e. The van der Waals surface area contributed by atoms with E-state index in [9.17, 15) is 24.3 Å². The van der Waals surface area contributed by atoms with Crippen LogP contribution >= 0.6 is 0 Å². The molecule has 2 fully saturated rings. The molecule has 1 unspecified atom stereocenters. The predicted molar refractivity (Wildman–Crippen MR) is 198 cm³/mol. The van der Waals surface area contributed by atoms with E-state index in [-0.39, 0.29) is 29.8 Å². The van der Waals surface area contributed by atoms with E-state index in [0.29, 0.717) is 31.8 Å². The van der Waals surface area contributed by atoms with Gasteiger partial charge in [-0.05, 0) is 60.3 Å². The Kier molecular flexibility index (Phi) is 11.4. The lowest BCUT2D eigenvalue weighted by Crippen LogP contribution is -2.51. The number of hydrogen-bond donors (Lipinski definition) is 5. The molecule has 4 atom stereocenters. The van der Waals surface area contributed by atoms with Crippen LogP contribution in [0, 0.1) is 5.92 Å². The second kappa shape index (κ2) is 16.3. The van der Waals surface area contributed by atoms with Gasteiger partial charge in [0.25, 0.3) is 0 Å². The van der Waals surface area contributed by atoms with Crippen LogP contribution in [0.25, 0.3) is 33.6 Å². The van der Waals surface area contributed by atoms with Crippen LogP contribution in [0.3, 0.4) is 0 Å². The van der Waals surface area contributed by atoms with Crippen molar-refractivity contribution in [2.75, 3.05) is 20.2 Å². The van der Waals surface area contributed by atoms with Gasteiger partial charge in [-0.15, -0.1) is 0 Å². The molecule has 6 rings (SSSR count). The lowest BCUT2D eigenvalue weighted by atomic mass is 10.0. The van der Waals surface area contributed by atoms with E-state index >= 15 is 0 Å². The molecule has 2 aromatic heterocycles. The number of carbonyl (C=O) groups is 4. The molecule has 53 heavy (non-hydrogen) atoms. The number of aromatic nitrogens is 4. The molecule has 4 aromatic rings. The van der Waals surface area contributed by atoms with Crippen molar-refractivity contribution >= 4 is 24.0 Å². The summed E-state index contributed by atoms with van der Waals surface area (Å²) in [5, 5.41) is 14.3. The molecule has 280 valence electrons. The first-order chi connectivity index (χ1) is 25.6. The summed E-state index contributed by atoms with van der Waals surface area (Å²) in [5.41, 5.74) is 5.72. The fourth-order valence-corrected chi connectivity index (χ4v) is 7.39. The Morgan fingerprint density at radius 1 is 0.792 bits per heavy atom. The lowest BCUT2D eigenvalue weighted by Gasteiger charge is -2.30. The van der Waals surface area contributed by atoms with E-state index in [2.05, 4.69) is 54.8 Å². The molecule has 2 aliphatic heterocycles. The van der Waals surface area contributed by atoms with Crippen LogP contribution in [0.1, 0.15) is 83.0 Å². The summed E-state index contributed by atoms with van der Waals surface area (Å²) in [6.45, 7) is 6.87. The first-order valence-electron chi connectivity index (χ1n) is 18.3. The zero-order valence-electron chi connectivity index (χ0n) is 30.6. The predicted octanol–water partition coefficient (Wildman–Crippen LogP) is 6.28. The van der Waals surface area contributed by atoms with Gasteiger partial charge in [0.15, 0.2) is 0 Å². The SMILES string of the molecule is CCC[C@H](NC(=O)O)C(=O)N1CCC[C@H]1c1ncc(-c2ccc(-c3ccc(-c4cnc(C5CCCN5C(=O)[C@@H](NC(=O)OC)C(C)C)[nH]4)cc3)cc2)[nH]1. The average molecular weight is 725 g/mol.